The molecule has 2 aromatic rings. The van der Waals surface area contributed by atoms with Crippen molar-refractivity contribution in [2.75, 3.05) is 13.1 Å². The van der Waals surface area contributed by atoms with Gasteiger partial charge in [0.25, 0.3) is 11.8 Å². The fourth-order valence-electron chi connectivity index (χ4n) is 5.96. The average molecular weight is 534 g/mol. The predicted octanol–water partition coefficient (Wildman–Crippen LogP) is 3.33. The number of benzene rings is 2. The van der Waals surface area contributed by atoms with Crippen LogP contribution in [0.3, 0.4) is 0 Å². The highest BCUT2D eigenvalue weighted by molar-refractivity contribution is 5.99. The van der Waals surface area contributed by atoms with Gasteiger partial charge < -0.3 is 29.7 Å². The highest BCUT2D eigenvalue weighted by atomic mass is 19.1. The molecule has 2 unspecified atom stereocenters. The Labute approximate surface area is 226 Å². The monoisotopic (exact) mass is 533 g/mol. The molecule has 1 spiro atoms. The van der Waals surface area contributed by atoms with Gasteiger partial charge >= 0.3 is 0 Å². The van der Waals surface area contributed by atoms with Gasteiger partial charge in [0.05, 0.1) is 24.3 Å². The first-order valence-corrected chi connectivity index (χ1v) is 13.5. The number of aliphatic hydroxyl groups is 1. The van der Waals surface area contributed by atoms with E-state index in [2.05, 4.69) is 5.32 Å². The molecular formula is C30H32FN3O5. The average Bonchev–Trinajstić information content (AvgIpc) is 3.30. The number of piperazine rings is 1. The molecule has 4 aliphatic rings. The van der Waals surface area contributed by atoms with Crippen molar-refractivity contribution in [2.45, 2.75) is 63.2 Å². The Morgan fingerprint density at radius 2 is 1.82 bits per heavy atom. The van der Waals surface area contributed by atoms with Gasteiger partial charge in [-0.05, 0) is 36.1 Å². The standard InChI is InChI=1S/C30H32FN3O5/c31-22-11-9-20(10-12-22)15-32-28(36)23-16-33-17-24-34(19-30(39-24)13-5-2-6-14-30)29(37)25(33)27(26(23)35)38-18-21-7-3-1-4-8-21/h1,3-4,7-12,16,24,26,35H,2,5-6,13-15,17-19H2,(H,32,36). The van der Waals surface area contributed by atoms with E-state index in [4.69, 9.17) is 9.47 Å². The Kier molecular flexibility index (Phi) is 6.86. The lowest BCUT2D eigenvalue weighted by molar-refractivity contribution is -0.143. The third kappa shape index (κ3) is 5.04. The van der Waals surface area contributed by atoms with E-state index in [1.807, 2.05) is 30.3 Å². The summed E-state index contributed by atoms with van der Waals surface area (Å²) in [5, 5.41) is 14.2. The number of carbonyl (C=O) groups is 2. The number of ether oxygens (including phenoxy) is 2. The van der Waals surface area contributed by atoms with Gasteiger partial charge in [0.15, 0.2) is 12.0 Å². The highest BCUT2D eigenvalue weighted by Gasteiger charge is 2.53. The van der Waals surface area contributed by atoms with Crippen LogP contribution in [0.2, 0.25) is 0 Å². The summed E-state index contributed by atoms with van der Waals surface area (Å²) in [5.74, 6) is -1.07. The molecule has 1 aliphatic carbocycles. The van der Waals surface area contributed by atoms with Crippen LogP contribution in [0.15, 0.2) is 77.8 Å². The van der Waals surface area contributed by atoms with Crippen molar-refractivity contribution >= 4 is 11.8 Å². The number of halogens is 1. The van der Waals surface area contributed by atoms with E-state index in [0.29, 0.717) is 18.7 Å². The van der Waals surface area contributed by atoms with Crippen LogP contribution in [0, 0.1) is 5.82 Å². The van der Waals surface area contributed by atoms with Crippen molar-refractivity contribution in [3.05, 3.63) is 94.8 Å². The van der Waals surface area contributed by atoms with Crippen LogP contribution in [-0.4, -0.2) is 57.7 Å². The molecule has 204 valence electrons. The first-order valence-electron chi connectivity index (χ1n) is 13.5. The molecule has 2 aromatic carbocycles. The Hall–Kier alpha value is -3.69. The van der Waals surface area contributed by atoms with Crippen LogP contribution in [0.25, 0.3) is 0 Å². The molecule has 0 radical (unpaired) electrons. The lowest BCUT2D eigenvalue weighted by Gasteiger charge is -2.41. The fourth-order valence-corrected chi connectivity index (χ4v) is 5.96. The van der Waals surface area contributed by atoms with E-state index in [1.54, 1.807) is 21.9 Å². The number of hydrogen-bond acceptors (Lipinski definition) is 6. The third-order valence-corrected chi connectivity index (χ3v) is 8.00. The van der Waals surface area contributed by atoms with E-state index in [-0.39, 0.29) is 47.5 Å². The number of nitrogens with one attached hydrogen (secondary N) is 1. The molecule has 6 rings (SSSR count). The second-order valence-corrected chi connectivity index (χ2v) is 10.7. The van der Waals surface area contributed by atoms with Gasteiger partial charge in [-0.25, -0.2) is 4.39 Å². The largest absolute Gasteiger partial charge is 0.488 e. The number of aliphatic hydroxyl groups excluding tert-OH is 1. The molecule has 0 bridgehead atoms. The second-order valence-electron chi connectivity index (χ2n) is 10.7. The van der Waals surface area contributed by atoms with Crippen LogP contribution in [-0.2, 0) is 32.2 Å². The highest BCUT2D eigenvalue weighted by Crippen LogP contribution is 2.43. The van der Waals surface area contributed by atoms with Crippen LogP contribution in [0.1, 0.15) is 43.2 Å². The van der Waals surface area contributed by atoms with Crippen LogP contribution in [0.4, 0.5) is 4.39 Å². The summed E-state index contributed by atoms with van der Waals surface area (Å²) < 4.78 is 25.9. The molecule has 0 aromatic heterocycles. The normalized spacial score (nSPS) is 23.8. The summed E-state index contributed by atoms with van der Waals surface area (Å²) in [5.41, 5.74) is 1.55. The molecule has 2 amide bonds. The van der Waals surface area contributed by atoms with E-state index < -0.39 is 18.2 Å². The number of hydrogen-bond donors (Lipinski definition) is 2. The maximum absolute atomic E-state index is 13.8. The van der Waals surface area contributed by atoms with Gasteiger partial charge in [-0.15, -0.1) is 0 Å². The minimum atomic E-state index is -1.43. The first kappa shape index (κ1) is 25.6. The van der Waals surface area contributed by atoms with Gasteiger partial charge in [0.2, 0.25) is 0 Å². The SMILES string of the molecule is O=C(NCc1ccc(F)cc1)C1=CN2CC3OC4(CCCCC4)CN3C(=O)C2=C(OCc2ccccc2)C1O. The third-order valence-electron chi connectivity index (χ3n) is 8.00. The lowest BCUT2D eigenvalue weighted by atomic mass is 9.85. The van der Waals surface area contributed by atoms with Crippen LogP contribution >= 0.6 is 0 Å². The van der Waals surface area contributed by atoms with E-state index in [1.165, 1.54) is 24.8 Å². The zero-order valence-corrected chi connectivity index (χ0v) is 21.6. The Morgan fingerprint density at radius 1 is 1.08 bits per heavy atom. The topological polar surface area (TPSA) is 91.3 Å². The van der Waals surface area contributed by atoms with Gasteiger partial charge in [0.1, 0.15) is 24.2 Å². The number of rotatable bonds is 6. The van der Waals surface area contributed by atoms with Gasteiger partial charge in [0, 0.05) is 12.7 Å². The predicted molar refractivity (Wildman–Crippen MR) is 140 cm³/mol. The van der Waals surface area contributed by atoms with Crippen molar-refractivity contribution in [1.29, 1.82) is 0 Å². The second kappa shape index (κ2) is 10.5. The van der Waals surface area contributed by atoms with Gasteiger partial charge in [-0.2, -0.15) is 0 Å². The summed E-state index contributed by atoms with van der Waals surface area (Å²) in [7, 11) is 0. The smallest absolute Gasteiger partial charge is 0.276 e. The zero-order chi connectivity index (χ0) is 27.0. The van der Waals surface area contributed by atoms with Crippen LogP contribution in [0.5, 0.6) is 0 Å². The number of nitrogens with zero attached hydrogens (tertiary/aromatic N) is 2. The van der Waals surface area contributed by atoms with E-state index >= 15 is 0 Å². The summed E-state index contributed by atoms with van der Waals surface area (Å²) >= 11 is 0. The molecule has 39 heavy (non-hydrogen) atoms. The molecule has 8 nitrogen and oxygen atoms in total. The zero-order valence-electron chi connectivity index (χ0n) is 21.6. The molecule has 3 fully saturated rings. The minimum absolute atomic E-state index is 0.0568. The number of carbonyl (C=O) groups excluding carboxylic acids is 2. The van der Waals surface area contributed by atoms with Crippen molar-refractivity contribution in [1.82, 2.24) is 15.1 Å². The molecule has 1 saturated carbocycles. The molecule has 9 heteroatoms. The molecule has 3 aliphatic heterocycles. The number of amides is 2. The molecule has 2 saturated heterocycles. The summed E-state index contributed by atoms with van der Waals surface area (Å²) in [6.45, 7) is 1.14. The summed E-state index contributed by atoms with van der Waals surface area (Å²) in [4.78, 5) is 30.5. The van der Waals surface area contributed by atoms with E-state index in [0.717, 1.165) is 31.2 Å². The number of fused-ring (bicyclic) bond motifs is 2. The molecule has 3 heterocycles. The maximum atomic E-state index is 13.8. The van der Waals surface area contributed by atoms with Gasteiger partial charge in [-0.1, -0.05) is 61.7 Å². The summed E-state index contributed by atoms with van der Waals surface area (Å²) in [6, 6.07) is 15.3. The summed E-state index contributed by atoms with van der Waals surface area (Å²) in [6.07, 6.45) is 4.81. The van der Waals surface area contributed by atoms with Crippen molar-refractivity contribution in [3.8, 4) is 0 Å². The lowest BCUT2D eigenvalue weighted by Crippen LogP contribution is -2.54. The van der Waals surface area contributed by atoms with Crippen molar-refractivity contribution < 1.29 is 28.6 Å². The Balaban J connectivity index is 1.27. The maximum Gasteiger partial charge on any atom is 0.276 e. The van der Waals surface area contributed by atoms with E-state index in [9.17, 15) is 19.1 Å². The van der Waals surface area contributed by atoms with Crippen LogP contribution < -0.4 is 5.32 Å². The van der Waals surface area contributed by atoms with Gasteiger partial charge in [-0.3, -0.25) is 9.59 Å². The first-order chi connectivity index (χ1) is 18.9. The Morgan fingerprint density at radius 3 is 2.56 bits per heavy atom. The van der Waals surface area contributed by atoms with Crippen molar-refractivity contribution in [3.63, 3.8) is 0 Å². The quantitative estimate of drug-likeness (QED) is 0.592. The molecular weight excluding hydrogens is 501 g/mol. The molecule has 2 atom stereocenters. The molecule has 2 N–H and O–H groups in total. The van der Waals surface area contributed by atoms with Crippen molar-refractivity contribution in [2.24, 2.45) is 0 Å². The minimum Gasteiger partial charge on any atom is -0.488 e. The Bertz CT molecular complexity index is 1300. The fraction of sp³-hybridized carbons (Fsp3) is 0.400.